The predicted octanol–water partition coefficient (Wildman–Crippen LogP) is 0.465. The topological polar surface area (TPSA) is 99.2 Å². The molecule has 0 unspecified atom stereocenters. The van der Waals surface area contributed by atoms with Gasteiger partial charge in [-0.3, -0.25) is 14.3 Å². The van der Waals surface area contributed by atoms with E-state index in [0.717, 1.165) is 19.3 Å². The highest BCUT2D eigenvalue weighted by atomic mass is 16.5. The van der Waals surface area contributed by atoms with Crippen LogP contribution in [-0.2, 0) is 16.6 Å². The summed E-state index contributed by atoms with van der Waals surface area (Å²) in [6, 6.07) is 0. The molecule has 0 saturated heterocycles. The van der Waals surface area contributed by atoms with Crippen molar-refractivity contribution in [1.82, 2.24) is 15.1 Å². The Balaban J connectivity index is 2.18. The van der Waals surface area contributed by atoms with E-state index in [2.05, 4.69) is 15.2 Å². The Morgan fingerprint density at radius 1 is 1.42 bits per heavy atom. The van der Waals surface area contributed by atoms with Crippen LogP contribution in [0.4, 0.5) is 5.82 Å². The average Bonchev–Trinajstić information content (AvgIpc) is 2.73. The molecule has 0 aromatic carbocycles. The molecular formula is C12H20N4O3. The van der Waals surface area contributed by atoms with Crippen LogP contribution in [0.25, 0.3) is 0 Å². The molecule has 1 heterocycles. The summed E-state index contributed by atoms with van der Waals surface area (Å²) >= 11 is 0. The van der Waals surface area contributed by atoms with E-state index < -0.39 is 0 Å². The third kappa shape index (κ3) is 4.61. The van der Waals surface area contributed by atoms with E-state index >= 15 is 0 Å². The lowest BCUT2D eigenvalue weighted by molar-refractivity contribution is -0.140. The fourth-order valence-electron chi connectivity index (χ4n) is 1.59. The molecule has 0 spiro atoms. The summed E-state index contributed by atoms with van der Waals surface area (Å²) in [4.78, 5) is 22.6. The van der Waals surface area contributed by atoms with Gasteiger partial charge in [0.1, 0.15) is 11.4 Å². The molecule has 19 heavy (non-hydrogen) atoms. The molecule has 1 aromatic heterocycles. The van der Waals surface area contributed by atoms with Crippen molar-refractivity contribution < 1.29 is 14.3 Å². The quantitative estimate of drug-likeness (QED) is 0.553. The fourth-order valence-corrected chi connectivity index (χ4v) is 1.59. The zero-order valence-electron chi connectivity index (χ0n) is 11.3. The first-order chi connectivity index (χ1) is 9.06. The van der Waals surface area contributed by atoms with Gasteiger partial charge in [0.15, 0.2) is 0 Å². The molecule has 0 saturated carbocycles. The summed E-state index contributed by atoms with van der Waals surface area (Å²) < 4.78 is 5.99. The van der Waals surface area contributed by atoms with Gasteiger partial charge in [0.25, 0.3) is 5.91 Å². The van der Waals surface area contributed by atoms with Crippen LogP contribution in [0.15, 0.2) is 6.20 Å². The highest BCUT2D eigenvalue weighted by Crippen LogP contribution is 2.08. The Labute approximate surface area is 112 Å². The number of hydrogen-bond donors (Lipinski definition) is 2. The Morgan fingerprint density at radius 2 is 2.16 bits per heavy atom. The van der Waals surface area contributed by atoms with Crippen molar-refractivity contribution in [3.63, 3.8) is 0 Å². The number of amides is 1. The molecular weight excluding hydrogens is 248 g/mol. The molecule has 7 heteroatoms. The summed E-state index contributed by atoms with van der Waals surface area (Å²) in [5.41, 5.74) is 6.08. The zero-order valence-corrected chi connectivity index (χ0v) is 11.3. The molecule has 3 N–H and O–H groups in total. The van der Waals surface area contributed by atoms with Gasteiger partial charge in [-0.2, -0.15) is 5.10 Å². The van der Waals surface area contributed by atoms with Crippen molar-refractivity contribution in [2.75, 3.05) is 19.4 Å². The molecule has 1 rings (SSSR count). The number of nitrogens with zero attached hydrogens (tertiary/aromatic N) is 2. The molecule has 0 fully saturated rings. The maximum atomic E-state index is 11.7. The normalized spacial score (nSPS) is 10.2. The second kappa shape index (κ2) is 7.40. The number of hydrogen-bond acceptors (Lipinski definition) is 5. The number of nitrogens with one attached hydrogen (secondary N) is 1. The van der Waals surface area contributed by atoms with Gasteiger partial charge in [-0.15, -0.1) is 0 Å². The van der Waals surface area contributed by atoms with Crippen LogP contribution in [0.1, 0.15) is 36.0 Å². The molecule has 1 amide bonds. The van der Waals surface area contributed by atoms with Gasteiger partial charge in [-0.05, 0) is 12.8 Å². The molecule has 0 bridgehead atoms. The molecule has 0 radical (unpaired) electrons. The van der Waals surface area contributed by atoms with Gasteiger partial charge in [-0.1, -0.05) is 6.42 Å². The van der Waals surface area contributed by atoms with Gasteiger partial charge < -0.3 is 15.8 Å². The van der Waals surface area contributed by atoms with Crippen LogP contribution in [-0.4, -0.2) is 35.3 Å². The number of carbonyl (C=O) groups excluding carboxylic acids is 2. The summed E-state index contributed by atoms with van der Waals surface area (Å²) in [7, 11) is 3.06. The standard InChI is InChI=1S/C12H20N4O3/c1-16-11(13)9(8-15-16)12(18)14-7-5-3-4-6-10(17)19-2/h8H,3-7,13H2,1-2H3,(H,14,18). The number of anilines is 1. The molecule has 0 aliphatic carbocycles. The first-order valence-corrected chi connectivity index (χ1v) is 6.18. The third-order valence-corrected chi connectivity index (χ3v) is 2.80. The van der Waals surface area contributed by atoms with Crippen LogP contribution in [0.3, 0.4) is 0 Å². The molecule has 7 nitrogen and oxygen atoms in total. The van der Waals surface area contributed by atoms with Crippen molar-refractivity contribution in [1.29, 1.82) is 0 Å². The van der Waals surface area contributed by atoms with E-state index in [1.54, 1.807) is 7.05 Å². The summed E-state index contributed by atoms with van der Waals surface area (Å²) in [6.45, 7) is 0.550. The van der Waals surface area contributed by atoms with Crippen LogP contribution in [0, 0.1) is 0 Å². The van der Waals surface area contributed by atoms with E-state index in [9.17, 15) is 9.59 Å². The van der Waals surface area contributed by atoms with Gasteiger partial charge in [0, 0.05) is 20.0 Å². The highest BCUT2D eigenvalue weighted by molar-refractivity contribution is 5.98. The van der Waals surface area contributed by atoms with Crippen LogP contribution < -0.4 is 11.1 Å². The number of aromatic nitrogens is 2. The minimum absolute atomic E-state index is 0.202. The number of esters is 1. The monoisotopic (exact) mass is 268 g/mol. The van der Waals surface area contributed by atoms with Crippen molar-refractivity contribution in [2.45, 2.75) is 25.7 Å². The number of carbonyl (C=O) groups is 2. The highest BCUT2D eigenvalue weighted by Gasteiger charge is 2.12. The number of unbranched alkanes of at least 4 members (excludes halogenated alkanes) is 2. The minimum atomic E-state index is -0.224. The smallest absolute Gasteiger partial charge is 0.305 e. The van der Waals surface area contributed by atoms with Crippen LogP contribution >= 0.6 is 0 Å². The van der Waals surface area contributed by atoms with Crippen molar-refractivity contribution in [3.8, 4) is 0 Å². The molecule has 1 aromatic rings. The van der Waals surface area contributed by atoms with E-state index in [4.69, 9.17) is 5.73 Å². The Morgan fingerprint density at radius 3 is 2.74 bits per heavy atom. The van der Waals surface area contributed by atoms with Gasteiger partial charge >= 0.3 is 5.97 Å². The van der Waals surface area contributed by atoms with Crippen LogP contribution in [0.2, 0.25) is 0 Å². The number of methoxy groups -OCH3 is 1. The number of nitrogens with two attached hydrogens (primary N) is 1. The van der Waals surface area contributed by atoms with Gasteiger partial charge in [-0.25, -0.2) is 0 Å². The number of rotatable bonds is 7. The lowest BCUT2D eigenvalue weighted by atomic mass is 10.2. The summed E-state index contributed by atoms with van der Waals surface area (Å²) in [6.07, 6.45) is 4.29. The lowest BCUT2D eigenvalue weighted by Gasteiger charge is -2.04. The lowest BCUT2D eigenvalue weighted by Crippen LogP contribution is -2.25. The largest absolute Gasteiger partial charge is 0.469 e. The van der Waals surface area contributed by atoms with Gasteiger partial charge in [0.2, 0.25) is 0 Å². The number of aryl methyl sites for hydroxylation is 1. The van der Waals surface area contributed by atoms with E-state index in [-0.39, 0.29) is 11.9 Å². The number of nitrogen functional groups attached to an aromatic ring is 1. The molecule has 0 atom stereocenters. The first kappa shape index (κ1) is 15.0. The maximum absolute atomic E-state index is 11.7. The second-order valence-corrected chi connectivity index (χ2v) is 4.21. The second-order valence-electron chi connectivity index (χ2n) is 4.21. The Kier molecular flexibility index (Phi) is 5.84. The van der Waals surface area contributed by atoms with E-state index in [0.29, 0.717) is 24.3 Å². The zero-order chi connectivity index (χ0) is 14.3. The van der Waals surface area contributed by atoms with Crippen molar-refractivity contribution in [2.24, 2.45) is 7.05 Å². The molecule has 0 aliphatic heterocycles. The third-order valence-electron chi connectivity index (χ3n) is 2.80. The van der Waals surface area contributed by atoms with Crippen molar-refractivity contribution in [3.05, 3.63) is 11.8 Å². The van der Waals surface area contributed by atoms with E-state index in [1.807, 2.05) is 0 Å². The molecule has 106 valence electrons. The minimum Gasteiger partial charge on any atom is -0.469 e. The summed E-state index contributed by atoms with van der Waals surface area (Å²) in [5, 5.41) is 6.67. The summed E-state index contributed by atoms with van der Waals surface area (Å²) in [5.74, 6) is -0.0751. The average molecular weight is 268 g/mol. The SMILES string of the molecule is COC(=O)CCCCCNC(=O)c1cnn(C)c1N. The first-order valence-electron chi connectivity index (χ1n) is 6.18. The Bertz CT molecular complexity index is 442. The maximum Gasteiger partial charge on any atom is 0.305 e. The predicted molar refractivity (Wildman–Crippen MR) is 70.4 cm³/mol. The van der Waals surface area contributed by atoms with E-state index in [1.165, 1.54) is 18.0 Å². The van der Waals surface area contributed by atoms with Crippen LogP contribution in [0.5, 0.6) is 0 Å². The number of ether oxygens (including phenoxy) is 1. The molecule has 0 aliphatic rings. The fraction of sp³-hybridized carbons (Fsp3) is 0.583. The van der Waals surface area contributed by atoms with Crippen molar-refractivity contribution >= 4 is 17.7 Å². The van der Waals surface area contributed by atoms with Gasteiger partial charge in [0.05, 0.1) is 13.3 Å². The Hall–Kier alpha value is -2.05.